The van der Waals surface area contributed by atoms with Gasteiger partial charge < -0.3 is 15.3 Å². The van der Waals surface area contributed by atoms with E-state index in [0.29, 0.717) is 6.54 Å². The Morgan fingerprint density at radius 3 is 2.19 bits per heavy atom. The SMILES string of the molecule is CCN(/C=C(/C#N)C(=O)NC(C(=O)O)C(C)C)C(C)(C)C. The Kier molecular flexibility index (Phi) is 6.93. The van der Waals surface area contributed by atoms with E-state index in [-0.39, 0.29) is 17.0 Å². The fourth-order valence-corrected chi connectivity index (χ4v) is 1.79. The molecule has 0 saturated heterocycles. The van der Waals surface area contributed by atoms with Crippen LogP contribution in [0.1, 0.15) is 41.5 Å². The number of carbonyl (C=O) groups excluding carboxylic acids is 1. The van der Waals surface area contributed by atoms with Crippen LogP contribution in [0.25, 0.3) is 0 Å². The molecule has 1 amide bonds. The second-order valence-corrected chi connectivity index (χ2v) is 6.14. The Bertz CT molecular complexity index is 456. The molecule has 0 aromatic rings. The predicted octanol–water partition coefficient (Wildman–Crippen LogP) is 1.74. The Balaban J connectivity index is 5.25. The molecule has 0 heterocycles. The molecular formula is C15H25N3O3. The van der Waals surface area contributed by atoms with Gasteiger partial charge in [0.05, 0.1) is 0 Å². The van der Waals surface area contributed by atoms with E-state index in [9.17, 15) is 9.59 Å². The van der Waals surface area contributed by atoms with E-state index < -0.39 is 17.9 Å². The largest absolute Gasteiger partial charge is 0.480 e. The van der Waals surface area contributed by atoms with Gasteiger partial charge in [0.1, 0.15) is 17.7 Å². The second kappa shape index (κ2) is 7.67. The van der Waals surface area contributed by atoms with Crippen LogP contribution in [-0.4, -0.2) is 40.0 Å². The lowest BCUT2D eigenvalue weighted by Crippen LogP contribution is -2.45. The molecule has 6 heteroatoms. The topological polar surface area (TPSA) is 93.4 Å². The maximum Gasteiger partial charge on any atom is 0.326 e. The summed E-state index contributed by atoms with van der Waals surface area (Å²) in [6, 6.07) is 0.822. The molecule has 21 heavy (non-hydrogen) atoms. The van der Waals surface area contributed by atoms with Crippen molar-refractivity contribution < 1.29 is 14.7 Å². The third-order valence-electron chi connectivity index (χ3n) is 3.07. The van der Waals surface area contributed by atoms with Crippen LogP contribution >= 0.6 is 0 Å². The molecule has 0 saturated carbocycles. The summed E-state index contributed by atoms with van der Waals surface area (Å²) >= 11 is 0. The van der Waals surface area contributed by atoms with Crippen molar-refractivity contribution in [2.45, 2.75) is 53.1 Å². The summed E-state index contributed by atoms with van der Waals surface area (Å²) in [6.07, 6.45) is 1.48. The fourth-order valence-electron chi connectivity index (χ4n) is 1.79. The summed E-state index contributed by atoms with van der Waals surface area (Å²) in [4.78, 5) is 25.0. The Morgan fingerprint density at radius 2 is 1.90 bits per heavy atom. The Hall–Kier alpha value is -2.03. The van der Waals surface area contributed by atoms with Crippen LogP contribution in [0, 0.1) is 17.2 Å². The minimum Gasteiger partial charge on any atom is -0.480 e. The van der Waals surface area contributed by atoms with Gasteiger partial charge in [0.15, 0.2) is 0 Å². The molecule has 0 aromatic carbocycles. The predicted molar refractivity (Wildman–Crippen MR) is 80.2 cm³/mol. The van der Waals surface area contributed by atoms with Gasteiger partial charge in [-0.25, -0.2) is 4.79 Å². The van der Waals surface area contributed by atoms with Crippen molar-refractivity contribution in [1.29, 1.82) is 5.26 Å². The van der Waals surface area contributed by atoms with Crippen molar-refractivity contribution in [3.8, 4) is 6.07 Å². The van der Waals surface area contributed by atoms with Gasteiger partial charge in [0.2, 0.25) is 0 Å². The van der Waals surface area contributed by atoms with Crippen molar-refractivity contribution in [2.24, 2.45) is 5.92 Å². The second-order valence-electron chi connectivity index (χ2n) is 6.14. The van der Waals surface area contributed by atoms with Gasteiger partial charge in [-0.05, 0) is 33.6 Å². The summed E-state index contributed by atoms with van der Waals surface area (Å²) in [5, 5.41) is 20.6. The van der Waals surface area contributed by atoms with Crippen molar-refractivity contribution in [3.05, 3.63) is 11.8 Å². The van der Waals surface area contributed by atoms with Gasteiger partial charge in [0.25, 0.3) is 5.91 Å². The molecule has 1 atom stereocenters. The number of hydrogen-bond acceptors (Lipinski definition) is 4. The molecule has 0 bridgehead atoms. The molecule has 0 aromatic heterocycles. The molecule has 0 radical (unpaired) electrons. The van der Waals surface area contributed by atoms with Crippen LogP contribution in [0.4, 0.5) is 0 Å². The minimum absolute atomic E-state index is 0.0984. The summed E-state index contributed by atoms with van der Waals surface area (Å²) in [7, 11) is 0. The Labute approximate surface area is 126 Å². The highest BCUT2D eigenvalue weighted by Crippen LogP contribution is 2.15. The smallest absolute Gasteiger partial charge is 0.326 e. The molecule has 6 nitrogen and oxygen atoms in total. The quantitative estimate of drug-likeness (QED) is 0.575. The van der Waals surface area contributed by atoms with Crippen molar-refractivity contribution in [2.75, 3.05) is 6.54 Å². The lowest BCUT2D eigenvalue weighted by Gasteiger charge is -2.34. The van der Waals surface area contributed by atoms with Crippen LogP contribution in [0.15, 0.2) is 11.8 Å². The zero-order chi connectivity index (χ0) is 16.8. The van der Waals surface area contributed by atoms with E-state index in [1.807, 2.05) is 38.7 Å². The fraction of sp³-hybridized carbons (Fsp3) is 0.667. The summed E-state index contributed by atoms with van der Waals surface area (Å²) in [5.41, 5.74) is -0.333. The average Bonchev–Trinajstić information content (AvgIpc) is 2.34. The molecule has 0 aliphatic heterocycles. The van der Waals surface area contributed by atoms with Gasteiger partial charge in [-0.1, -0.05) is 13.8 Å². The zero-order valence-corrected chi connectivity index (χ0v) is 13.6. The summed E-state index contributed by atoms with van der Waals surface area (Å²) in [6.45, 7) is 11.8. The molecule has 0 aliphatic carbocycles. The maximum atomic E-state index is 12.1. The van der Waals surface area contributed by atoms with Crippen LogP contribution in [0.5, 0.6) is 0 Å². The molecular weight excluding hydrogens is 270 g/mol. The number of rotatable bonds is 6. The number of carbonyl (C=O) groups is 2. The number of nitrogens with one attached hydrogen (secondary N) is 1. The number of nitriles is 1. The van der Waals surface area contributed by atoms with Crippen LogP contribution in [-0.2, 0) is 9.59 Å². The molecule has 0 fully saturated rings. The number of aliphatic carboxylic acids is 1. The molecule has 0 spiro atoms. The van der Waals surface area contributed by atoms with E-state index in [0.717, 1.165) is 0 Å². The monoisotopic (exact) mass is 295 g/mol. The van der Waals surface area contributed by atoms with Crippen LogP contribution in [0.3, 0.4) is 0 Å². The van der Waals surface area contributed by atoms with Crippen molar-refractivity contribution in [1.82, 2.24) is 10.2 Å². The van der Waals surface area contributed by atoms with E-state index in [1.54, 1.807) is 13.8 Å². The highest BCUT2D eigenvalue weighted by atomic mass is 16.4. The van der Waals surface area contributed by atoms with Crippen LogP contribution < -0.4 is 5.32 Å². The number of hydrogen-bond donors (Lipinski definition) is 2. The average molecular weight is 295 g/mol. The lowest BCUT2D eigenvalue weighted by molar-refractivity contribution is -0.142. The van der Waals surface area contributed by atoms with Crippen molar-refractivity contribution in [3.63, 3.8) is 0 Å². The molecule has 2 N–H and O–H groups in total. The van der Waals surface area contributed by atoms with Gasteiger partial charge in [-0.3, -0.25) is 4.79 Å². The van der Waals surface area contributed by atoms with E-state index in [2.05, 4.69) is 5.32 Å². The zero-order valence-electron chi connectivity index (χ0n) is 13.6. The van der Waals surface area contributed by atoms with Gasteiger partial charge in [0, 0.05) is 18.3 Å². The first-order chi connectivity index (χ1) is 9.54. The number of nitrogens with zero attached hydrogens (tertiary/aromatic N) is 2. The lowest BCUT2D eigenvalue weighted by atomic mass is 10.0. The van der Waals surface area contributed by atoms with Crippen LogP contribution in [0.2, 0.25) is 0 Å². The highest BCUT2D eigenvalue weighted by Gasteiger charge is 2.26. The molecule has 118 valence electrons. The van der Waals surface area contributed by atoms with Gasteiger partial charge in [-0.15, -0.1) is 0 Å². The first-order valence-electron chi connectivity index (χ1n) is 6.96. The summed E-state index contributed by atoms with van der Waals surface area (Å²) < 4.78 is 0. The summed E-state index contributed by atoms with van der Waals surface area (Å²) in [5.74, 6) is -2.05. The van der Waals surface area contributed by atoms with Crippen molar-refractivity contribution >= 4 is 11.9 Å². The third kappa shape index (κ3) is 5.86. The molecule has 0 aliphatic rings. The standard InChI is InChI=1S/C15H25N3O3/c1-7-18(15(4,5)6)9-11(8-16)13(19)17-12(10(2)3)14(20)21/h9-10,12H,7H2,1-6H3,(H,17,19)(H,20,21)/b11-9-. The molecule has 0 rings (SSSR count). The van der Waals surface area contributed by atoms with Gasteiger partial charge in [-0.2, -0.15) is 5.26 Å². The first-order valence-corrected chi connectivity index (χ1v) is 6.96. The highest BCUT2D eigenvalue weighted by molar-refractivity contribution is 5.99. The maximum absolute atomic E-state index is 12.1. The first kappa shape index (κ1) is 19.0. The Morgan fingerprint density at radius 1 is 1.38 bits per heavy atom. The van der Waals surface area contributed by atoms with E-state index in [1.165, 1.54) is 6.20 Å². The van der Waals surface area contributed by atoms with E-state index >= 15 is 0 Å². The number of carboxylic acids is 1. The normalized spacial score (nSPS) is 13.5. The third-order valence-corrected chi connectivity index (χ3v) is 3.07. The molecule has 1 unspecified atom stereocenters. The minimum atomic E-state index is -1.11. The number of carboxylic acid groups (broad SMARTS) is 1. The van der Waals surface area contributed by atoms with Gasteiger partial charge >= 0.3 is 5.97 Å². The number of amides is 1. The van der Waals surface area contributed by atoms with E-state index in [4.69, 9.17) is 10.4 Å².